The number of carboxylic acid groups (broad SMARTS) is 1. The molecule has 1 aliphatic heterocycles. The second-order valence-corrected chi connectivity index (χ2v) is 6.77. The summed E-state index contributed by atoms with van der Waals surface area (Å²) < 4.78 is 2.14. The molecule has 0 fully saturated rings. The number of halogens is 1. The lowest BCUT2D eigenvalue weighted by molar-refractivity contribution is -0.137. The molecule has 2 heterocycles. The summed E-state index contributed by atoms with van der Waals surface area (Å²) in [6, 6.07) is 3.56. The number of nitrogens with zero attached hydrogens (tertiary/aromatic N) is 1. The molecule has 104 valence electrons. The predicted octanol–water partition coefficient (Wildman–Crippen LogP) is 1.40. The van der Waals surface area contributed by atoms with E-state index in [9.17, 15) is 14.4 Å². The van der Waals surface area contributed by atoms with Gasteiger partial charge in [0.2, 0.25) is 0 Å². The number of nitrogens with one attached hydrogen (secondary N) is 1. The van der Waals surface area contributed by atoms with E-state index in [0.717, 1.165) is 9.37 Å². The molecule has 0 spiro atoms. The van der Waals surface area contributed by atoms with Crippen LogP contribution < -0.4 is 11.1 Å². The summed E-state index contributed by atoms with van der Waals surface area (Å²) in [5, 5.41) is 8.64. The maximum absolute atomic E-state index is 12.0. The highest BCUT2D eigenvalue weighted by Crippen LogP contribution is 2.37. The van der Waals surface area contributed by atoms with Crippen LogP contribution in [0.25, 0.3) is 11.0 Å². The minimum absolute atomic E-state index is 0.0582. The van der Waals surface area contributed by atoms with Crippen molar-refractivity contribution in [2.75, 3.05) is 0 Å². The Kier molecular flexibility index (Phi) is 3.21. The van der Waals surface area contributed by atoms with Gasteiger partial charge in [-0.25, -0.2) is 0 Å². The summed E-state index contributed by atoms with van der Waals surface area (Å²) in [7, 11) is 0. The molecule has 0 saturated carbocycles. The van der Waals surface area contributed by atoms with E-state index in [-0.39, 0.29) is 18.2 Å². The van der Waals surface area contributed by atoms with Crippen molar-refractivity contribution < 1.29 is 9.90 Å². The van der Waals surface area contributed by atoms with E-state index < -0.39 is 17.1 Å². The van der Waals surface area contributed by atoms with Crippen LogP contribution in [0.15, 0.2) is 31.1 Å². The van der Waals surface area contributed by atoms with Crippen LogP contribution in [0.4, 0.5) is 0 Å². The minimum Gasteiger partial charge on any atom is -0.481 e. The Morgan fingerprint density at radius 1 is 1.50 bits per heavy atom. The molecule has 0 aliphatic carbocycles. The maximum atomic E-state index is 12.0. The average molecular weight is 357 g/mol. The van der Waals surface area contributed by atoms with Gasteiger partial charge in [0.05, 0.1) is 17.5 Å². The Bertz CT molecular complexity index is 842. The third-order valence-corrected chi connectivity index (χ3v) is 4.75. The van der Waals surface area contributed by atoms with Crippen LogP contribution in [0.2, 0.25) is 0 Å². The molecule has 8 heteroatoms. The zero-order chi connectivity index (χ0) is 14.4. The molecule has 3 rings (SSSR count). The van der Waals surface area contributed by atoms with Crippen LogP contribution in [0.1, 0.15) is 6.42 Å². The zero-order valence-corrected chi connectivity index (χ0v) is 12.5. The van der Waals surface area contributed by atoms with Crippen LogP contribution in [0, 0.1) is 0 Å². The van der Waals surface area contributed by atoms with E-state index in [4.69, 9.17) is 5.11 Å². The van der Waals surface area contributed by atoms with Crippen molar-refractivity contribution in [2.24, 2.45) is 0 Å². The summed E-state index contributed by atoms with van der Waals surface area (Å²) in [5.74, 6) is -0.921. The number of rotatable bonds is 2. The molecule has 1 aliphatic rings. The summed E-state index contributed by atoms with van der Waals surface area (Å²) in [6.07, 6.45) is -0.0582. The van der Waals surface area contributed by atoms with Crippen molar-refractivity contribution in [3.8, 4) is 0 Å². The standard InChI is InChI=1S/C12H9BrN2O4S/c13-5-1-7-10-8(2-5)20-6(3-9(16)17)4-15(10)12(19)11(18)14-7/h1-2,6H,3-4H2,(H,14,18)(H,16,17). The van der Waals surface area contributed by atoms with Crippen molar-refractivity contribution in [1.29, 1.82) is 0 Å². The fourth-order valence-electron chi connectivity index (χ4n) is 2.33. The molecule has 1 atom stereocenters. The number of hydrogen-bond donors (Lipinski definition) is 2. The van der Waals surface area contributed by atoms with Crippen LogP contribution >= 0.6 is 27.7 Å². The normalized spacial score (nSPS) is 17.4. The van der Waals surface area contributed by atoms with E-state index in [1.54, 1.807) is 6.07 Å². The van der Waals surface area contributed by atoms with Gasteiger partial charge < -0.3 is 10.1 Å². The number of hydrogen-bond acceptors (Lipinski definition) is 4. The maximum Gasteiger partial charge on any atom is 0.316 e. The van der Waals surface area contributed by atoms with Gasteiger partial charge in [-0.3, -0.25) is 19.0 Å². The van der Waals surface area contributed by atoms with Gasteiger partial charge in [0.15, 0.2) is 0 Å². The molecule has 20 heavy (non-hydrogen) atoms. The molecule has 0 radical (unpaired) electrons. The molecule has 0 bridgehead atoms. The molecule has 1 unspecified atom stereocenters. The monoisotopic (exact) mass is 356 g/mol. The highest BCUT2D eigenvalue weighted by molar-refractivity contribution is 9.10. The summed E-state index contributed by atoms with van der Waals surface area (Å²) in [6.45, 7) is 0.227. The molecule has 0 saturated heterocycles. The van der Waals surface area contributed by atoms with Crippen LogP contribution in [0.5, 0.6) is 0 Å². The van der Waals surface area contributed by atoms with E-state index in [1.165, 1.54) is 16.3 Å². The van der Waals surface area contributed by atoms with Gasteiger partial charge in [0.25, 0.3) is 0 Å². The number of thioether (sulfide) groups is 1. The fraction of sp³-hybridized carbons (Fsp3) is 0.250. The van der Waals surface area contributed by atoms with Gasteiger partial charge in [-0.15, -0.1) is 11.8 Å². The lowest BCUT2D eigenvalue weighted by atomic mass is 10.2. The lowest BCUT2D eigenvalue weighted by Crippen LogP contribution is -2.40. The Balaban J connectivity index is 2.28. The van der Waals surface area contributed by atoms with Gasteiger partial charge >= 0.3 is 17.1 Å². The number of carbonyl (C=O) groups is 1. The van der Waals surface area contributed by atoms with Crippen LogP contribution in [-0.4, -0.2) is 25.9 Å². The number of aromatic amines is 1. The fourth-order valence-corrected chi connectivity index (χ4v) is 4.28. The number of aromatic nitrogens is 2. The van der Waals surface area contributed by atoms with Crippen LogP contribution in [-0.2, 0) is 11.3 Å². The largest absolute Gasteiger partial charge is 0.481 e. The second-order valence-electron chi connectivity index (χ2n) is 4.51. The minimum atomic E-state index is -0.921. The molecule has 0 amide bonds. The molecule has 1 aromatic carbocycles. The van der Waals surface area contributed by atoms with E-state index >= 15 is 0 Å². The first-order chi connectivity index (χ1) is 9.45. The van der Waals surface area contributed by atoms with E-state index in [0.29, 0.717) is 11.0 Å². The van der Waals surface area contributed by atoms with Crippen molar-refractivity contribution in [3.05, 3.63) is 37.3 Å². The average Bonchev–Trinajstić information content (AvgIpc) is 2.33. The third-order valence-electron chi connectivity index (χ3n) is 3.08. The molecule has 2 aromatic rings. The van der Waals surface area contributed by atoms with Gasteiger partial charge in [-0.1, -0.05) is 15.9 Å². The number of aliphatic carboxylic acids is 1. The smallest absolute Gasteiger partial charge is 0.316 e. The van der Waals surface area contributed by atoms with Crippen molar-refractivity contribution in [3.63, 3.8) is 0 Å². The third kappa shape index (κ3) is 2.18. The molecular formula is C12H9BrN2O4S. The molecule has 2 N–H and O–H groups in total. The highest BCUT2D eigenvalue weighted by Gasteiger charge is 2.25. The highest BCUT2D eigenvalue weighted by atomic mass is 79.9. The SMILES string of the molecule is O=C(O)CC1Cn2c(=O)c(=O)[nH]c3cc(Br)cc(c32)S1. The van der Waals surface area contributed by atoms with Crippen LogP contribution in [0.3, 0.4) is 0 Å². The Hall–Kier alpha value is -1.54. The van der Waals surface area contributed by atoms with Crippen molar-refractivity contribution >= 4 is 44.7 Å². The zero-order valence-electron chi connectivity index (χ0n) is 10.1. The summed E-state index contributed by atoms with van der Waals surface area (Å²) in [5.41, 5.74) is -0.107. The Morgan fingerprint density at radius 3 is 2.95 bits per heavy atom. The first-order valence-corrected chi connectivity index (χ1v) is 7.48. The Morgan fingerprint density at radius 2 is 2.25 bits per heavy atom. The molecular weight excluding hydrogens is 348 g/mol. The topological polar surface area (TPSA) is 92.2 Å². The van der Waals surface area contributed by atoms with Gasteiger partial charge in [0, 0.05) is 21.2 Å². The number of benzene rings is 1. The van der Waals surface area contributed by atoms with Gasteiger partial charge in [-0.2, -0.15) is 0 Å². The molecule has 1 aromatic heterocycles. The Labute approximate surface area is 124 Å². The summed E-state index contributed by atoms with van der Waals surface area (Å²) in [4.78, 5) is 37.8. The van der Waals surface area contributed by atoms with E-state index in [2.05, 4.69) is 20.9 Å². The molecule has 6 nitrogen and oxygen atoms in total. The predicted molar refractivity (Wildman–Crippen MR) is 78.4 cm³/mol. The quantitative estimate of drug-likeness (QED) is 0.793. The van der Waals surface area contributed by atoms with E-state index in [1.807, 2.05) is 6.07 Å². The van der Waals surface area contributed by atoms with Gasteiger partial charge in [0.1, 0.15) is 0 Å². The second kappa shape index (κ2) is 4.78. The lowest BCUT2D eigenvalue weighted by Gasteiger charge is -2.24. The number of H-pyrrole nitrogens is 1. The first kappa shape index (κ1) is 13.4. The van der Waals surface area contributed by atoms with Crippen molar-refractivity contribution in [2.45, 2.75) is 23.1 Å². The van der Waals surface area contributed by atoms with Crippen molar-refractivity contribution in [1.82, 2.24) is 9.55 Å². The number of carboxylic acids is 1. The van der Waals surface area contributed by atoms with Gasteiger partial charge in [-0.05, 0) is 12.1 Å². The first-order valence-electron chi connectivity index (χ1n) is 5.80. The summed E-state index contributed by atoms with van der Waals surface area (Å²) >= 11 is 4.76.